The van der Waals surface area contributed by atoms with Crippen LogP contribution in [0.5, 0.6) is 0 Å². The highest BCUT2D eigenvalue weighted by Crippen LogP contribution is 2.07. The molecule has 8 heavy (non-hydrogen) atoms. The molecule has 44 valence electrons. The fraction of sp³-hybridized carbons (Fsp3) is 0.500. The Hall–Kier alpha value is -0.630. The molecule has 0 aromatic heterocycles. The van der Waals surface area contributed by atoms with Gasteiger partial charge >= 0.3 is 0 Å². The van der Waals surface area contributed by atoms with Crippen molar-refractivity contribution < 1.29 is 4.48 Å². The van der Waals surface area contributed by atoms with Gasteiger partial charge < -0.3 is 0 Å². The van der Waals surface area contributed by atoms with E-state index in [2.05, 4.69) is 25.3 Å². The molecule has 0 aromatic rings. The second-order valence-electron chi connectivity index (χ2n) is 2.51. The van der Waals surface area contributed by atoms with E-state index in [0.717, 1.165) is 10.3 Å². The van der Waals surface area contributed by atoms with Crippen LogP contribution in [0.25, 0.3) is 0 Å². The number of rotatable bonds is 0. The van der Waals surface area contributed by atoms with Crippen LogP contribution in [0.3, 0.4) is 0 Å². The molecule has 1 heterocycles. The SMILES string of the molecule is CC1=NC=C[N+]1(C)C. The minimum absolute atomic E-state index is 0.806. The minimum Gasteiger partial charge on any atom is -0.256 e. The Morgan fingerprint density at radius 2 is 2.12 bits per heavy atom. The van der Waals surface area contributed by atoms with Crippen molar-refractivity contribution in [2.75, 3.05) is 14.1 Å². The van der Waals surface area contributed by atoms with Crippen LogP contribution in [0.4, 0.5) is 0 Å². The fourth-order valence-electron chi connectivity index (χ4n) is 0.565. The average molecular weight is 111 g/mol. The Bertz CT molecular complexity index is 154. The van der Waals surface area contributed by atoms with E-state index in [9.17, 15) is 0 Å². The summed E-state index contributed by atoms with van der Waals surface area (Å²) in [5, 5.41) is 0. The van der Waals surface area contributed by atoms with E-state index in [1.54, 1.807) is 0 Å². The van der Waals surface area contributed by atoms with Crippen molar-refractivity contribution in [1.29, 1.82) is 0 Å². The molecule has 0 atom stereocenters. The first kappa shape index (κ1) is 5.51. The van der Waals surface area contributed by atoms with Gasteiger partial charge in [-0.3, -0.25) is 4.48 Å². The molecule has 1 aliphatic rings. The summed E-state index contributed by atoms with van der Waals surface area (Å²) in [4.78, 5) is 4.10. The highest BCUT2D eigenvalue weighted by molar-refractivity contribution is 5.75. The molecule has 0 amide bonds. The molecule has 2 nitrogen and oxygen atoms in total. The lowest BCUT2D eigenvalue weighted by molar-refractivity contribution is -0.740. The van der Waals surface area contributed by atoms with Gasteiger partial charge in [0, 0.05) is 6.92 Å². The van der Waals surface area contributed by atoms with E-state index in [1.165, 1.54) is 0 Å². The van der Waals surface area contributed by atoms with Gasteiger partial charge in [0.1, 0.15) is 6.20 Å². The normalized spacial score (nSPS) is 23.6. The van der Waals surface area contributed by atoms with Crippen LogP contribution in [-0.2, 0) is 0 Å². The lowest BCUT2D eigenvalue weighted by Gasteiger charge is -2.18. The first-order chi connectivity index (χ1) is 3.63. The quantitative estimate of drug-likeness (QED) is 0.413. The standard InChI is InChI=1S/C6H11N2/c1-6-7-4-5-8(6,2)3/h4-5H,1-3H3/q+1. The van der Waals surface area contributed by atoms with Crippen molar-refractivity contribution in [3.8, 4) is 0 Å². The van der Waals surface area contributed by atoms with Crippen LogP contribution in [0.15, 0.2) is 17.4 Å². The van der Waals surface area contributed by atoms with Crippen molar-refractivity contribution in [2.45, 2.75) is 6.92 Å². The van der Waals surface area contributed by atoms with Crippen LogP contribution >= 0.6 is 0 Å². The molecule has 2 heteroatoms. The van der Waals surface area contributed by atoms with Gasteiger partial charge in [0.15, 0.2) is 0 Å². The van der Waals surface area contributed by atoms with E-state index in [0.29, 0.717) is 0 Å². The molecule has 0 radical (unpaired) electrons. The Kier molecular flexibility index (Phi) is 0.978. The number of aliphatic imine (C=N–C) groups is 1. The maximum atomic E-state index is 4.10. The number of hydrogen-bond acceptors (Lipinski definition) is 1. The minimum atomic E-state index is 0.806. The third kappa shape index (κ3) is 0.670. The summed E-state index contributed by atoms with van der Waals surface area (Å²) in [6.07, 6.45) is 3.89. The van der Waals surface area contributed by atoms with Gasteiger partial charge in [-0.05, 0) is 0 Å². The summed E-state index contributed by atoms with van der Waals surface area (Å²) in [7, 11) is 4.20. The molecule has 0 unspecified atom stereocenters. The van der Waals surface area contributed by atoms with Gasteiger partial charge in [0.05, 0.1) is 20.3 Å². The third-order valence-corrected chi connectivity index (χ3v) is 1.53. The zero-order valence-electron chi connectivity index (χ0n) is 5.55. The molecule has 0 fully saturated rings. The van der Waals surface area contributed by atoms with Gasteiger partial charge in [0.25, 0.3) is 0 Å². The Labute approximate surface area is 49.7 Å². The first-order valence-electron chi connectivity index (χ1n) is 2.69. The van der Waals surface area contributed by atoms with Crippen LogP contribution in [0.1, 0.15) is 6.92 Å². The highest BCUT2D eigenvalue weighted by Gasteiger charge is 2.19. The maximum Gasteiger partial charge on any atom is 0.203 e. The number of amidine groups is 1. The zero-order valence-corrected chi connectivity index (χ0v) is 5.55. The van der Waals surface area contributed by atoms with E-state index in [4.69, 9.17) is 0 Å². The molecule has 0 N–H and O–H groups in total. The Morgan fingerprint density at radius 3 is 2.25 bits per heavy atom. The number of hydrogen-bond donors (Lipinski definition) is 0. The number of nitrogens with zero attached hydrogens (tertiary/aromatic N) is 2. The topological polar surface area (TPSA) is 12.4 Å². The predicted octanol–water partition coefficient (Wildman–Crippen LogP) is 0.966. The van der Waals surface area contributed by atoms with Crippen LogP contribution in [-0.4, -0.2) is 24.4 Å². The molecule has 0 aliphatic carbocycles. The highest BCUT2D eigenvalue weighted by atomic mass is 15.4. The summed E-state index contributed by atoms with van der Waals surface area (Å²) in [5.41, 5.74) is 0. The van der Waals surface area contributed by atoms with Crippen molar-refractivity contribution in [3.63, 3.8) is 0 Å². The molecule has 0 bridgehead atoms. The van der Waals surface area contributed by atoms with Crippen LogP contribution < -0.4 is 0 Å². The summed E-state index contributed by atoms with van der Waals surface area (Å²) in [5.74, 6) is 1.14. The van der Waals surface area contributed by atoms with Crippen molar-refractivity contribution in [2.24, 2.45) is 4.99 Å². The van der Waals surface area contributed by atoms with Crippen LogP contribution in [0, 0.1) is 0 Å². The molecule has 1 rings (SSSR count). The van der Waals surface area contributed by atoms with Gasteiger partial charge in [-0.15, -0.1) is 0 Å². The second kappa shape index (κ2) is 1.42. The van der Waals surface area contributed by atoms with Gasteiger partial charge in [-0.25, -0.2) is 4.99 Å². The average Bonchev–Trinajstić information content (AvgIpc) is 1.86. The monoisotopic (exact) mass is 111 g/mol. The molecule has 0 aromatic carbocycles. The molecule has 0 saturated carbocycles. The van der Waals surface area contributed by atoms with E-state index in [-0.39, 0.29) is 0 Å². The fourth-order valence-corrected chi connectivity index (χ4v) is 0.565. The second-order valence-corrected chi connectivity index (χ2v) is 2.51. The lowest BCUT2D eigenvalue weighted by Crippen LogP contribution is -2.35. The Morgan fingerprint density at radius 1 is 1.50 bits per heavy atom. The van der Waals surface area contributed by atoms with E-state index < -0.39 is 0 Å². The predicted molar refractivity (Wildman–Crippen MR) is 34.4 cm³/mol. The maximum absolute atomic E-state index is 4.10. The molecule has 0 saturated heterocycles. The van der Waals surface area contributed by atoms with E-state index in [1.807, 2.05) is 13.1 Å². The molecule has 1 aliphatic heterocycles. The van der Waals surface area contributed by atoms with Crippen molar-refractivity contribution in [1.82, 2.24) is 0 Å². The summed E-state index contributed by atoms with van der Waals surface area (Å²) < 4.78 is 0.806. The third-order valence-electron chi connectivity index (χ3n) is 1.53. The van der Waals surface area contributed by atoms with E-state index >= 15 is 0 Å². The zero-order chi connectivity index (χ0) is 6.20. The first-order valence-corrected chi connectivity index (χ1v) is 2.69. The van der Waals surface area contributed by atoms with Crippen molar-refractivity contribution in [3.05, 3.63) is 12.4 Å². The smallest absolute Gasteiger partial charge is 0.203 e. The molecular weight excluding hydrogens is 100 g/mol. The molecular formula is C6H11N2+. The summed E-state index contributed by atoms with van der Waals surface area (Å²) in [6, 6.07) is 0. The van der Waals surface area contributed by atoms with Gasteiger partial charge in [-0.2, -0.15) is 0 Å². The van der Waals surface area contributed by atoms with Crippen LogP contribution in [0.2, 0.25) is 0 Å². The Balaban J connectivity index is 2.87. The number of quaternary nitrogens is 1. The van der Waals surface area contributed by atoms with Gasteiger partial charge in [-0.1, -0.05) is 0 Å². The van der Waals surface area contributed by atoms with Gasteiger partial charge in [0.2, 0.25) is 5.84 Å². The lowest BCUT2D eigenvalue weighted by atomic mass is 10.5. The summed E-state index contributed by atoms with van der Waals surface area (Å²) >= 11 is 0. The van der Waals surface area contributed by atoms with Crippen molar-refractivity contribution >= 4 is 5.84 Å². The largest absolute Gasteiger partial charge is 0.256 e. The summed E-state index contributed by atoms with van der Waals surface area (Å²) in [6.45, 7) is 2.03. The molecule has 0 spiro atoms.